The van der Waals surface area contributed by atoms with Crippen LogP contribution in [0.15, 0.2) is 36.5 Å². The average Bonchev–Trinajstić information content (AvgIpc) is 3.38. The van der Waals surface area contributed by atoms with Gasteiger partial charge in [0.05, 0.1) is 5.69 Å². The first kappa shape index (κ1) is 19.1. The van der Waals surface area contributed by atoms with Crippen LogP contribution in [0, 0.1) is 5.82 Å². The molecule has 28 heavy (non-hydrogen) atoms. The Kier molecular flexibility index (Phi) is 5.76. The zero-order chi connectivity index (χ0) is 19.4. The SMILES string of the molecule is O=C(Cn1ccc([C@H]2CCCNC2)n1)NCC1(c2ccc(F)cc2)CCCC1. The number of carbonyl (C=O) groups excluding carboxylic acids is 1. The summed E-state index contributed by atoms with van der Waals surface area (Å²) >= 11 is 0. The molecule has 2 aromatic rings. The van der Waals surface area contributed by atoms with E-state index in [1.165, 1.54) is 18.6 Å². The molecule has 2 aliphatic rings. The molecule has 2 N–H and O–H groups in total. The summed E-state index contributed by atoms with van der Waals surface area (Å²) in [5.74, 6) is 0.201. The highest BCUT2D eigenvalue weighted by molar-refractivity contribution is 5.75. The van der Waals surface area contributed by atoms with Gasteiger partial charge < -0.3 is 10.6 Å². The summed E-state index contributed by atoms with van der Waals surface area (Å²) in [5.41, 5.74) is 2.11. The molecular formula is C22H29FN4O. The molecule has 6 heteroatoms. The molecule has 0 radical (unpaired) electrons. The Morgan fingerprint density at radius 3 is 2.71 bits per heavy atom. The van der Waals surface area contributed by atoms with Gasteiger partial charge in [0.25, 0.3) is 0 Å². The predicted molar refractivity (Wildman–Crippen MR) is 107 cm³/mol. The standard InChI is InChI=1S/C22H29FN4O/c23-19-7-5-18(6-8-19)22(10-1-2-11-22)16-25-21(28)15-27-13-9-20(26-27)17-4-3-12-24-14-17/h5-9,13,17,24H,1-4,10-12,14-16H2,(H,25,28)/t17-/m0/s1. The number of piperidine rings is 1. The van der Waals surface area contributed by atoms with Gasteiger partial charge >= 0.3 is 0 Å². The number of hydrogen-bond acceptors (Lipinski definition) is 3. The second-order valence-electron chi connectivity index (χ2n) is 8.25. The van der Waals surface area contributed by atoms with Crippen molar-refractivity contribution in [1.82, 2.24) is 20.4 Å². The van der Waals surface area contributed by atoms with Crippen LogP contribution >= 0.6 is 0 Å². The Morgan fingerprint density at radius 1 is 1.21 bits per heavy atom. The fourth-order valence-corrected chi connectivity index (χ4v) is 4.68. The fraction of sp³-hybridized carbons (Fsp3) is 0.545. The Labute approximate surface area is 165 Å². The summed E-state index contributed by atoms with van der Waals surface area (Å²) < 4.78 is 15.0. The van der Waals surface area contributed by atoms with E-state index in [-0.39, 0.29) is 23.7 Å². The monoisotopic (exact) mass is 384 g/mol. The Morgan fingerprint density at radius 2 is 2.00 bits per heavy atom. The summed E-state index contributed by atoms with van der Waals surface area (Å²) in [6, 6.07) is 8.79. The molecule has 0 bridgehead atoms. The summed E-state index contributed by atoms with van der Waals surface area (Å²) in [6.07, 6.45) is 8.56. The molecule has 1 saturated heterocycles. The van der Waals surface area contributed by atoms with E-state index in [1.54, 1.807) is 4.68 Å². The minimum atomic E-state index is -0.219. The third-order valence-corrected chi connectivity index (χ3v) is 6.32. The summed E-state index contributed by atoms with van der Waals surface area (Å²) in [5, 5.41) is 11.1. The summed E-state index contributed by atoms with van der Waals surface area (Å²) in [4.78, 5) is 12.5. The predicted octanol–water partition coefficient (Wildman–Crippen LogP) is 3.12. The van der Waals surface area contributed by atoms with E-state index < -0.39 is 0 Å². The van der Waals surface area contributed by atoms with E-state index in [2.05, 4.69) is 15.7 Å². The van der Waals surface area contributed by atoms with Gasteiger partial charge in [-0.05, 0) is 56.0 Å². The van der Waals surface area contributed by atoms with Crippen molar-refractivity contribution in [2.24, 2.45) is 0 Å². The highest BCUT2D eigenvalue weighted by Crippen LogP contribution is 2.40. The van der Waals surface area contributed by atoms with Crippen molar-refractivity contribution in [3.8, 4) is 0 Å². The van der Waals surface area contributed by atoms with Gasteiger partial charge in [0.1, 0.15) is 12.4 Å². The van der Waals surface area contributed by atoms with E-state index in [4.69, 9.17) is 0 Å². The zero-order valence-electron chi connectivity index (χ0n) is 16.3. The highest BCUT2D eigenvalue weighted by Gasteiger charge is 2.35. The van der Waals surface area contributed by atoms with Crippen LogP contribution in [0.25, 0.3) is 0 Å². The Hall–Kier alpha value is -2.21. The maximum atomic E-state index is 13.3. The first-order valence-corrected chi connectivity index (χ1v) is 10.4. The molecule has 2 fully saturated rings. The van der Waals surface area contributed by atoms with Crippen LogP contribution < -0.4 is 10.6 Å². The Balaban J connectivity index is 1.35. The number of carbonyl (C=O) groups is 1. The molecule has 1 atom stereocenters. The zero-order valence-corrected chi connectivity index (χ0v) is 16.3. The van der Waals surface area contributed by atoms with Crippen molar-refractivity contribution in [3.05, 3.63) is 53.6 Å². The third-order valence-electron chi connectivity index (χ3n) is 6.32. The van der Waals surface area contributed by atoms with Gasteiger partial charge in [0, 0.05) is 30.6 Å². The van der Waals surface area contributed by atoms with Crippen LogP contribution in [0.2, 0.25) is 0 Å². The largest absolute Gasteiger partial charge is 0.354 e. The topological polar surface area (TPSA) is 59.0 Å². The first-order valence-electron chi connectivity index (χ1n) is 10.4. The van der Waals surface area contributed by atoms with E-state index >= 15 is 0 Å². The maximum Gasteiger partial charge on any atom is 0.241 e. The van der Waals surface area contributed by atoms with E-state index in [9.17, 15) is 9.18 Å². The molecule has 1 aliphatic carbocycles. The molecule has 1 amide bonds. The number of amides is 1. The quantitative estimate of drug-likeness (QED) is 0.805. The van der Waals surface area contributed by atoms with Crippen LogP contribution in [-0.2, 0) is 16.8 Å². The van der Waals surface area contributed by atoms with Crippen molar-refractivity contribution in [3.63, 3.8) is 0 Å². The van der Waals surface area contributed by atoms with Crippen LogP contribution in [-0.4, -0.2) is 35.3 Å². The molecule has 4 rings (SSSR count). The van der Waals surface area contributed by atoms with Gasteiger partial charge in [-0.15, -0.1) is 0 Å². The molecule has 150 valence electrons. The lowest BCUT2D eigenvalue weighted by Gasteiger charge is -2.30. The van der Waals surface area contributed by atoms with Crippen molar-refractivity contribution >= 4 is 5.91 Å². The van der Waals surface area contributed by atoms with E-state index in [0.717, 1.165) is 56.5 Å². The van der Waals surface area contributed by atoms with Gasteiger partial charge in [-0.1, -0.05) is 25.0 Å². The molecule has 1 aliphatic heterocycles. The van der Waals surface area contributed by atoms with Gasteiger partial charge in [-0.3, -0.25) is 9.48 Å². The lowest BCUT2D eigenvalue weighted by Crippen LogP contribution is -2.40. The van der Waals surface area contributed by atoms with Crippen molar-refractivity contribution in [2.45, 2.75) is 56.4 Å². The lowest BCUT2D eigenvalue weighted by molar-refractivity contribution is -0.122. The molecule has 5 nitrogen and oxygen atoms in total. The summed E-state index contributed by atoms with van der Waals surface area (Å²) in [6.45, 7) is 2.87. The van der Waals surface area contributed by atoms with Crippen LogP contribution in [0.4, 0.5) is 4.39 Å². The normalized spacial score (nSPS) is 21.5. The van der Waals surface area contributed by atoms with Gasteiger partial charge in [-0.25, -0.2) is 4.39 Å². The minimum Gasteiger partial charge on any atom is -0.354 e. The van der Waals surface area contributed by atoms with Crippen molar-refractivity contribution in [2.75, 3.05) is 19.6 Å². The third kappa shape index (κ3) is 4.27. The molecule has 1 aromatic carbocycles. The van der Waals surface area contributed by atoms with Crippen molar-refractivity contribution < 1.29 is 9.18 Å². The van der Waals surface area contributed by atoms with E-state index in [0.29, 0.717) is 12.5 Å². The number of aromatic nitrogens is 2. The molecule has 0 spiro atoms. The summed E-state index contributed by atoms with van der Waals surface area (Å²) in [7, 11) is 0. The van der Waals surface area contributed by atoms with Gasteiger partial charge in [-0.2, -0.15) is 5.10 Å². The number of nitrogens with zero attached hydrogens (tertiary/aromatic N) is 2. The average molecular weight is 384 g/mol. The second-order valence-corrected chi connectivity index (χ2v) is 8.25. The molecule has 1 aromatic heterocycles. The lowest BCUT2D eigenvalue weighted by atomic mass is 9.79. The van der Waals surface area contributed by atoms with Crippen LogP contribution in [0.3, 0.4) is 0 Å². The Bertz CT molecular complexity index is 789. The van der Waals surface area contributed by atoms with Crippen LogP contribution in [0.5, 0.6) is 0 Å². The van der Waals surface area contributed by atoms with Gasteiger partial charge in [0.2, 0.25) is 5.91 Å². The van der Waals surface area contributed by atoms with Gasteiger partial charge in [0.15, 0.2) is 0 Å². The highest BCUT2D eigenvalue weighted by atomic mass is 19.1. The molecular weight excluding hydrogens is 355 g/mol. The molecule has 2 heterocycles. The smallest absolute Gasteiger partial charge is 0.241 e. The van der Waals surface area contributed by atoms with Crippen molar-refractivity contribution in [1.29, 1.82) is 0 Å². The van der Waals surface area contributed by atoms with Crippen LogP contribution in [0.1, 0.15) is 55.7 Å². The number of nitrogens with one attached hydrogen (secondary N) is 2. The second kappa shape index (κ2) is 8.43. The minimum absolute atomic E-state index is 0.0233. The molecule has 1 saturated carbocycles. The van der Waals surface area contributed by atoms with E-state index in [1.807, 2.05) is 24.4 Å². The number of halogens is 1. The maximum absolute atomic E-state index is 13.3. The number of benzene rings is 1. The number of hydrogen-bond donors (Lipinski definition) is 2. The first-order chi connectivity index (χ1) is 13.6. The fourth-order valence-electron chi connectivity index (χ4n) is 4.68. The number of rotatable bonds is 6. The molecule has 0 unspecified atom stereocenters.